The van der Waals surface area contributed by atoms with Crippen LogP contribution in [0, 0.1) is 0 Å². The van der Waals surface area contributed by atoms with E-state index in [0.717, 1.165) is 28.6 Å². The van der Waals surface area contributed by atoms with Gasteiger partial charge >= 0.3 is 5.97 Å². The molecular formula is C23H21BrO3. The minimum Gasteiger partial charge on any atom is -0.489 e. The smallest absolute Gasteiger partial charge is 0.337 e. The van der Waals surface area contributed by atoms with E-state index < -0.39 is 0 Å². The van der Waals surface area contributed by atoms with Gasteiger partial charge in [-0.25, -0.2) is 4.79 Å². The topological polar surface area (TPSA) is 35.5 Å². The third-order valence-electron chi connectivity index (χ3n) is 4.32. The van der Waals surface area contributed by atoms with Crippen LogP contribution in [0.3, 0.4) is 0 Å². The van der Waals surface area contributed by atoms with Gasteiger partial charge in [-0.15, -0.1) is 0 Å². The number of aryl methyl sites for hydroxylation is 2. The average Bonchev–Trinajstić information content (AvgIpc) is 2.72. The minimum absolute atomic E-state index is 0.335. The van der Waals surface area contributed by atoms with E-state index in [1.807, 2.05) is 30.3 Å². The molecule has 0 aliphatic carbocycles. The van der Waals surface area contributed by atoms with Crippen LogP contribution in [-0.2, 0) is 24.2 Å². The molecule has 0 atom stereocenters. The molecule has 4 heteroatoms. The lowest BCUT2D eigenvalue weighted by Gasteiger charge is -2.13. The molecule has 0 fully saturated rings. The molecule has 0 heterocycles. The summed E-state index contributed by atoms with van der Waals surface area (Å²) in [6.45, 7) is 0.446. The molecule has 0 aromatic heterocycles. The summed E-state index contributed by atoms with van der Waals surface area (Å²) >= 11 is 3.55. The first kappa shape index (κ1) is 19.2. The molecule has 3 aromatic rings. The number of carbonyl (C=O) groups is 1. The Morgan fingerprint density at radius 2 is 1.63 bits per heavy atom. The van der Waals surface area contributed by atoms with Crippen LogP contribution in [0.2, 0.25) is 0 Å². The first-order valence-electron chi connectivity index (χ1n) is 8.78. The molecule has 0 amide bonds. The quantitative estimate of drug-likeness (QED) is 0.463. The van der Waals surface area contributed by atoms with E-state index in [1.165, 1.54) is 18.2 Å². The Hall–Kier alpha value is -2.59. The molecule has 0 aliphatic rings. The van der Waals surface area contributed by atoms with Gasteiger partial charge in [0.1, 0.15) is 12.4 Å². The Labute approximate surface area is 168 Å². The lowest BCUT2D eigenvalue weighted by atomic mass is 10.0. The van der Waals surface area contributed by atoms with Crippen molar-refractivity contribution in [3.63, 3.8) is 0 Å². The monoisotopic (exact) mass is 424 g/mol. The summed E-state index contributed by atoms with van der Waals surface area (Å²) in [5, 5.41) is 0. The van der Waals surface area contributed by atoms with E-state index in [9.17, 15) is 4.79 Å². The highest BCUT2D eigenvalue weighted by atomic mass is 79.9. The van der Waals surface area contributed by atoms with Crippen LogP contribution in [0.25, 0.3) is 0 Å². The zero-order valence-electron chi connectivity index (χ0n) is 15.2. The molecular weight excluding hydrogens is 404 g/mol. The number of ether oxygens (including phenoxy) is 2. The first-order valence-corrected chi connectivity index (χ1v) is 9.57. The van der Waals surface area contributed by atoms with E-state index in [4.69, 9.17) is 9.47 Å². The lowest BCUT2D eigenvalue weighted by Crippen LogP contribution is -2.03. The molecule has 0 radical (unpaired) electrons. The van der Waals surface area contributed by atoms with Gasteiger partial charge in [0.05, 0.1) is 12.7 Å². The first-order chi connectivity index (χ1) is 13.2. The number of carbonyl (C=O) groups excluding carboxylic acids is 1. The minimum atomic E-state index is -0.335. The highest BCUT2D eigenvalue weighted by Gasteiger charge is 2.08. The van der Waals surface area contributed by atoms with Gasteiger partial charge in [-0.2, -0.15) is 0 Å². The van der Waals surface area contributed by atoms with Crippen LogP contribution in [-0.4, -0.2) is 13.1 Å². The maximum absolute atomic E-state index is 11.5. The molecule has 0 N–H and O–H groups in total. The standard InChI is InChI=1S/C23H21BrO3/c1-26-23(25)19-10-8-18(9-11-19)16-27-22-14-13-21(24)15-20(22)12-7-17-5-3-2-4-6-17/h2-6,8-11,13-15H,7,12,16H2,1H3. The Bertz CT molecular complexity index is 889. The summed E-state index contributed by atoms with van der Waals surface area (Å²) in [5.74, 6) is 0.546. The highest BCUT2D eigenvalue weighted by Crippen LogP contribution is 2.26. The van der Waals surface area contributed by atoms with E-state index in [1.54, 1.807) is 12.1 Å². The Morgan fingerprint density at radius 3 is 2.33 bits per heavy atom. The van der Waals surface area contributed by atoms with Crippen molar-refractivity contribution in [2.45, 2.75) is 19.4 Å². The van der Waals surface area contributed by atoms with E-state index in [0.29, 0.717) is 12.2 Å². The fraction of sp³-hybridized carbons (Fsp3) is 0.174. The lowest BCUT2D eigenvalue weighted by molar-refractivity contribution is 0.0600. The third-order valence-corrected chi connectivity index (χ3v) is 4.81. The predicted molar refractivity (Wildman–Crippen MR) is 110 cm³/mol. The fourth-order valence-electron chi connectivity index (χ4n) is 2.82. The van der Waals surface area contributed by atoms with Crippen molar-refractivity contribution in [3.8, 4) is 5.75 Å². The Kier molecular flexibility index (Phi) is 6.66. The van der Waals surface area contributed by atoms with Gasteiger partial charge < -0.3 is 9.47 Å². The molecule has 0 bridgehead atoms. The van der Waals surface area contributed by atoms with Crippen molar-refractivity contribution in [3.05, 3.63) is 99.5 Å². The Balaban J connectivity index is 1.66. The number of hydrogen-bond donors (Lipinski definition) is 0. The van der Waals surface area contributed by atoms with Gasteiger partial charge in [-0.05, 0) is 59.9 Å². The molecule has 3 nitrogen and oxygen atoms in total. The summed E-state index contributed by atoms with van der Waals surface area (Å²) in [6, 6.07) is 23.8. The number of hydrogen-bond acceptors (Lipinski definition) is 3. The van der Waals surface area contributed by atoms with Crippen LogP contribution in [0.15, 0.2) is 77.3 Å². The van der Waals surface area contributed by atoms with Crippen molar-refractivity contribution in [2.24, 2.45) is 0 Å². The second kappa shape index (κ2) is 9.38. The van der Waals surface area contributed by atoms with Crippen LogP contribution in [0.1, 0.15) is 27.0 Å². The number of methoxy groups -OCH3 is 1. The summed E-state index contributed by atoms with van der Waals surface area (Å²) in [5.41, 5.74) is 4.01. The van der Waals surface area contributed by atoms with Crippen molar-refractivity contribution < 1.29 is 14.3 Å². The average molecular weight is 425 g/mol. The SMILES string of the molecule is COC(=O)c1ccc(COc2ccc(Br)cc2CCc2ccccc2)cc1. The van der Waals surface area contributed by atoms with Crippen LogP contribution >= 0.6 is 15.9 Å². The van der Waals surface area contributed by atoms with E-state index >= 15 is 0 Å². The third kappa shape index (κ3) is 5.44. The second-order valence-corrected chi connectivity index (χ2v) is 7.13. The summed E-state index contributed by atoms with van der Waals surface area (Å²) in [6.07, 6.45) is 1.86. The maximum atomic E-state index is 11.5. The number of rotatable bonds is 7. The van der Waals surface area contributed by atoms with Crippen molar-refractivity contribution >= 4 is 21.9 Å². The molecule has 0 saturated heterocycles. The molecule has 138 valence electrons. The van der Waals surface area contributed by atoms with Crippen molar-refractivity contribution in [1.29, 1.82) is 0 Å². The number of benzene rings is 3. The molecule has 3 aromatic carbocycles. The molecule has 0 aliphatic heterocycles. The molecule has 0 saturated carbocycles. The van der Waals surface area contributed by atoms with Gasteiger partial charge in [0, 0.05) is 4.47 Å². The van der Waals surface area contributed by atoms with Crippen LogP contribution in [0.5, 0.6) is 5.75 Å². The van der Waals surface area contributed by atoms with Crippen LogP contribution in [0.4, 0.5) is 0 Å². The van der Waals surface area contributed by atoms with Crippen molar-refractivity contribution in [1.82, 2.24) is 0 Å². The van der Waals surface area contributed by atoms with E-state index in [-0.39, 0.29) is 5.97 Å². The summed E-state index contributed by atoms with van der Waals surface area (Å²) < 4.78 is 11.8. The predicted octanol–water partition coefficient (Wildman–Crippen LogP) is 5.60. The molecule has 0 unspecified atom stereocenters. The van der Waals surface area contributed by atoms with Gasteiger partial charge in [-0.3, -0.25) is 0 Å². The molecule has 27 heavy (non-hydrogen) atoms. The normalized spacial score (nSPS) is 10.4. The number of halogens is 1. The molecule has 0 spiro atoms. The fourth-order valence-corrected chi connectivity index (χ4v) is 3.23. The maximum Gasteiger partial charge on any atom is 0.337 e. The van der Waals surface area contributed by atoms with Gasteiger partial charge in [0.2, 0.25) is 0 Å². The van der Waals surface area contributed by atoms with E-state index in [2.05, 4.69) is 46.3 Å². The van der Waals surface area contributed by atoms with Gasteiger partial charge in [0.25, 0.3) is 0 Å². The largest absolute Gasteiger partial charge is 0.489 e. The molecule has 3 rings (SSSR count). The van der Waals surface area contributed by atoms with Gasteiger partial charge in [0.15, 0.2) is 0 Å². The number of esters is 1. The Morgan fingerprint density at radius 1 is 0.889 bits per heavy atom. The van der Waals surface area contributed by atoms with Gasteiger partial charge in [-0.1, -0.05) is 58.4 Å². The zero-order chi connectivity index (χ0) is 19.1. The summed E-state index contributed by atoms with van der Waals surface area (Å²) in [7, 11) is 1.38. The summed E-state index contributed by atoms with van der Waals surface area (Å²) in [4.78, 5) is 11.5. The van der Waals surface area contributed by atoms with Crippen molar-refractivity contribution in [2.75, 3.05) is 7.11 Å². The zero-order valence-corrected chi connectivity index (χ0v) is 16.7. The van der Waals surface area contributed by atoms with Crippen LogP contribution < -0.4 is 4.74 Å². The second-order valence-electron chi connectivity index (χ2n) is 6.21. The highest BCUT2D eigenvalue weighted by molar-refractivity contribution is 9.10.